The van der Waals surface area contributed by atoms with E-state index in [9.17, 15) is 30.5 Å². The smallest absolute Gasteiger partial charge is 0.269 e. The van der Waals surface area contributed by atoms with Crippen LogP contribution in [0.15, 0.2) is 24.3 Å². The third-order valence-corrected chi connectivity index (χ3v) is 3.15. The first-order valence-corrected chi connectivity index (χ1v) is 6.15. The molecule has 21 heavy (non-hydrogen) atoms. The van der Waals surface area contributed by atoms with Crippen LogP contribution in [-0.4, -0.2) is 62.7 Å². The minimum atomic E-state index is -1.63. The van der Waals surface area contributed by atoms with E-state index in [0.29, 0.717) is 5.75 Å². The lowest BCUT2D eigenvalue weighted by atomic mass is 9.99. The number of aliphatic hydroxyl groups is 4. The molecule has 1 aliphatic heterocycles. The summed E-state index contributed by atoms with van der Waals surface area (Å²) in [7, 11) is 0. The quantitative estimate of drug-likeness (QED) is 0.400. The van der Waals surface area contributed by atoms with Gasteiger partial charge < -0.3 is 29.9 Å². The van der Waals surface area contributed by atoms with Crippen molar-refractivity contribution >= 4 is 5.69 Å². The van der Waals surface area contributed by atoms with Gasteiger partial charge in [-0.1, -0.05) is 0 Å². The lowest BCUT2D eigenvalue weighted by molar-refractivity contribution is -0.384. The fourth-order valence-corrected chi connectivity index (χ4v) is 1.91. The SMILES string of the molecule is O=[N+]([O-])c1ccc(OC[C@H]2O[C@H](O)[C@H](O)[C@@H](O)[C@H]2O)cc1. The molecule has 0 amide bonds. The average Bonchev–Trinajstić information content (AvgIpc) is 2.48. The summed E-state index contributed by atoms with van der Waals surface area (Å²) in [5.74, 6) is 0.298. The fraction of sp³-hybridized carbons (Fsp3) is 0.500. The predicted molar refractivity (Wildman–Crippen MR) is 67.5 cm³/mol. The van der Waals surface area contributed by atoms with E-state index < -0.39 is 35.6 Å². The van der Waals surface area contributed by atoms with Gasteiger partial charge >= 0.3 is 0 Å². The third-order valence-electron chi connectivity index (χ3n) is 3.15. The molecule has 1 aromatic carbocycles. The Balaban J connectivity index is 1.94. The van der Waals surface area contributed by atoms with E-state index in [2.05, 4.69) is 0 Å². The summed E-state index contributed by atoms with van der Waals surface area (Å²) >= 11 is 0. The van der Waals surface area contributed by atoms with Crippen molar-refractivity contribution in [1.29, 1.82) is 0 Å². The van der Waals surface area contributed by atoms with Gasteiger partial charge in [-0.05, 0) is 12.1 Å². The molecule has 116 valence electrons. The topological polar surface area (TPSA) is 143 Å². The second-order valence-electron chi connectivity index (χ2n) is 4.60. The molecular weight excluding hydrogens is 286 g/mol. The van der Waals surface area contributed by atoms with Crippen molar-refractivity contribution in [1.82, 2.24) is 0 Å². The number of rotatable bonds is 4. The highest BCUT2D eigenvalue weighted by Crippen LogP contribution is 2.22. The molecule has 9 nitrogen and oxygen atoms in total. The van der Waals surface area contributed by atoms with Crippen LogP contribution >= 0.6 is 0 Å². The predicted octanol–water partition coefficient (Wildman–Crippen LogP) is -1.23. The molecule has 0 radical (unpaired) electrons. The van der Waals surface area contributed by atoms with Gasteiger partial charge in [-0.15, -0.1) is 0 Å². The van der Waals surface area contributed by atoms with E-state index in [4.69, 9.17) is 9.47 Å². The van der Waals surface area contributed by atoms with Crippen LogP contribution < -0.4 is 4.74 Å². The normalized spacial score (nSPS) is 32.7. The standard InChI is InChI=1S/C12H15NO8/c14-9-8(21-12(17)11(16)10(9)15)5-20-7-3-1-6(2-4-7)13(18)19/h1-4,8-12,14-17H,5H2/t8-,9+,10+,11-,12+/m1/s1. The van der Waals surface area contributed by atoms with E-state index in [1.165, 1.54) is 24.3 Å². The maximum Gasteiger partial charge on any atom is 0.269 e. The number of nitro groups is 1. The number of hydrogen-bond acceptors (Lipinski definition) is 8. The zero-order valence-electron chi connectivity index (χ0n) is 10.8. The number of benzene rings is 1. The number of hydrogen-bond donors (Lipinski definition) is 4. The zero-order valence-corrected chi connectivity index (χ0v) is 10.8. The molecule has 4 N–H and O–H groups in total. The van der Waals surface area contributed by atoms with Crippen molar-refractivity contribution in [2.24, 2.45) is 0 Å². The van der Waals surface area contributed by atoms with Gasteiger partial charge in [-0.25, -0.2) is 0 Å². The van der Waals surface area contributed by atoms with E-state index in [1.807, 2.05) is 0 Å². The molecule has 0 spiro atoms. The summed E-state index contributed by atoms with van der Waals surface area (Å²) in [6.07, 6.45) is -7.27. The molecule has 1 aliphatic rings. The second kappa shape index (κ2) is 6.33. The Morgan fingerprint density at radius 3 is 2.29 bits per heavy atom. The van der Waals surface area contributed by atoms with Gasteiger partial charge in [0.1, 0.15) is 36.8 Å². The Morgan fingerprint density at radius 1 is 1.10 bits per heavy atom. The van der Waals surface area contributed by atoms with E-state index in [-0.39, 0.29) is 12.3 Å². The highest BCUT2D eigenvalue weighted by molar-refractivity contribution is 5.35. The Bertz CT molecular complexity index is 493. The fourth-order valence-electron chi connectivity index (χ4n) is 1.91. The number of ether oxygens (including phenoxy) is 2. The molecule has 0 unspecified atom stereocenters. The highest BCUT2D eigenvalue weighted by Gasteiger charge is 2.43. The maximum absolute atomic E-state index is 10.5. The van der Waals surface area contributed by atoms with E-state index in [0.717, 1.165) is 0 Å². The van der Waals surface area contributed by atoms with Crippen LogP contribution in [0, 0.1) is 10.1 Å². The van der Waals surface area contributed by atoms with Gasteiger partial charge in [0.2, 0.25) is 0 Å². The van der Waals surface area contributed by atoms with Crippen molar-refractivity contribution in [3.63, 3.8) is 0 Å². The zero-order chi connectivity index (χ0) is 15.6. The van der Waals surface area contributed by atoms with Gasteiger partial charge in [0, 0.05) is 12.1 Å². The molecule has 0 aromatic heterocycles. The summed E-state index contributed by atoms with van der Waals surface area (Å²) < 4.78 is 10.2. The van der Waals surface area contributed by atoms with E-state index in [1.54, 1.807) is 0 Å². The van der Waals surface area contributed by atoms with Crippen LogP contribution in [0.25, 0.3) is 0 Å². The minimum Gasteiger partial charge on any atom is -0.491 e. The van der Waals surface area contributed by atoms with Gasteiger partial charge in [0.15, 0.2) is 6.29 Å². The van der Waals surface area contributed by atoms with Gasteiger partial charge in [-0.3, -0.25) is 10.1 Å². The lowest BCUT2D eigenvalue weighted by Gasteiger charge is -2.38. The maximum atomic E-state index is 10.5. The lowest BCUT2D eigenvalue weighted by Crippen LogP contribution is -2.58. The minimum absolute atomic E-state index is 0.0923. The second-order valence-corrected chi connectivity index (χ2v) is 4.60. The molecule has 1 heterocycles. The first-order chi connectivity index (χ1) is 9.90. The van der Waals surface area contributed by atoms with Crippen LogP contribution in [0.3, 0.4) is 0 Å². The summed E-state index contributed by atoms with van der Waals surface area (Å²) in [6, 6.07) is 5.24. The summed E-state index contributed by atoms with van der Waals surface area (Å²) in [6.45, 7) is -0.209. The van der Waals surface area contributed by atoms with Crippen LogP contribution in [0.5, 0.6) is 5.75 Å². The summed E-state index contributed by atoms with van der Waals surface area (Å²) in [4.78, 5) is 9.95. The highest BCUT2D eigenvalue weighted by atomic mass is 16.6. The molecular formula is C12H15NO8. The molecule has 1 fully saturated rings. The van der Waals surface area contributed by atoms with Crippen molar-refractivity contribution in [3.05, 3.63) is 34.4 Å². The molecule has 1 aromatic rings. The van der Waals surface area contributed by atoms with Crippen LogP contribution in [-0.2, 0) is 4.74 Å². The average molecular weight is 301 g/mol. The van der Waals surface area contributed by atoms with Crippen LogP contribution in [0.2, 0.25) is 0 Å². The van der Waals surface area contributed by atoms with Crippen molar-refractivity contribution in [2.45, 2.75) is 30.7 Å². The molecule has 0 saturated carbocycles. The molecule has 1 saturated heterocycles. The number of nitro benzene ring substituents is 1. The molecule has 0 bridgehead atoms. The number of nitrogens with zero attached hydrogens (tertiary/aromatic N) is 1. The first kappa shape index (κ1) is 15.6. The third kappa shape index (κ3) is 3.46. The molecule has 2 rings (SSSR count). The van der Waals surface area contributed by atoms with Crippen LogP contribution in [0.4, 0.5) is 5.69 Å². The van der Waals surface area contributed by atoms with Crippen molar-refractivity contribution < 1.29 is 34.8 Å². The van der Waals surface area contributed by atoms with Crippen molar-refractivity contribution in [2.75, 3.05) is 6.61 Å². The van der Waals surface area contributed by atoms with Gasteiger partial charge in [0.05, 0.1) is 4.92 Å². The molecule has 5 atom stereocenters. The number of non-ortho nitro benzene ring substituents is 1. The Morgan fingerprint density at radius 2 is 1.71 bits per heavy atom. The largest absolute Gasteiger partial charge is 0.491 e. The summed E-state index contributed by atoms with van der Waals surface area (Å²) in [5.41, 5.74) is -0.0923. The monoisotopic (exact) mass is 301 g/mol. The van der Waals surface area contributed by atoms with E-state index >= 15 is 0 Å². The van der Waals surface area contributed by atoms with Gasteiger partial charge in [0.25, 0.3) is 5.69 Å². The first-order valence-electron chi connectivity index (χ1n) is 6.15. The molecule has 0 aliphatic carbocycles. The Labute approximate surface area is 119 Å². The van der Waals surface area contributed by atoms with Gasteiger partial charge in [-0.2, -0.15) is 0 Å². The Hall–Kier alpha value is -1.78. The summed E-state index contributed by atoms with van der Waals surface area (Å²) in [5, 5.41) is 48.4. The van der Waals surface area contributed by atoms with Crippen molar-refractivity contribution in [3.8, 4) is 5.75 Å². The number of aliphatic hydroxyl groups excluding tert-OH is 4. The molecule has 9 heteroatoms. The Kier molecular flexibility index (Phi) is 4.70. The van der Waals surface area contributed by atoms with Crippen LogP contribution in [0.1, 0.15) is 0 Å².